The lowest BCUT2D eigenvalue weighted by Crippen LogP contribution is -2.16. The van der Waals surface area contributed by atoms with E-state index in [9.17, 15) is 18.8 Å². The quantitative estimate of drug-likeness (QED) is 0.607. The van der Waals surface area contributed by atoms with Gasteiger partial charge in [-0.1, -0.05) is 0 Å². The van der Waals surface area contributed by atoms with Gasteiger partial charge in [0, 0.05) is 11.3 Å². The maximum absolute atomic E-state index is 13.4. The van der Waals surface area contributed by atoms with Crippen molar-refractivity contribution < 1.29 is 28.2 Å². The molecule has 0 heterocycles. The maximum atomic E-state index is 13.4. The fourth-order valence-electron chi connectivity index (χ4n) is 1.39. The lowest BCUT2D eigenvalue weighted by Gasteiger charge is -2.10. The zero-order valence-corrected chi connectivity index (χ0v) is 11.3. The standard InChI is InChI=1S/C13H13FN2O5/c1-20-11(17)6-10(13(19)21-2)16-9-4-7(12(15)18)3-8(14)5-9/h3-6,16H,1-2H3,(H2,15,18)/b10-6+. The second-order valence-electron chi connectivity index (χ2n) is 3.79. The molecule has 7 nitrogen and oxygen atoms in total. The highest BCUT2D eigenvalue weighted by molar-refractivity contribution is 5.99. The van der Waals surface area contributed by atoms with E-state index in [1.54, 1.807) is 0 Å². The topological polar surface area (TPSA) is 108 Å². The molecule has 0 spiro atoms. The molecule has 0 atom stereocenters. The largest absolute Gasteiger partial charge is 0.466 e. The molecule has 21 heavy (non-hydrogen) atoms. The molecule has 0 aliphatic rings. The van der Waals surface area contributed by atoms with E-state index in [-0.39, 0.29) is 16.9 Å². The first-order valence-corrected chi connectivity index (χ1v) is 5.62. The summed E-state index contributed by atoms with van der Waals surface area (Å²) in [6.45, 7) is 0. The molecule has 0 aliphatic heterocycles. The van der Waals surface area contributed by atoms with Crippen LogP contribution in [0.1, 0.15) is 10.4 Å². The fraction of sp³-hybridized carbons (Fsp3) is 0.154. The van der Waals surface area contributed by atoms with Crippen molar-refractivity contribution in [2.45, 2.75) is 0 Å². The molecule has 1 rings (SSSR count). The smallest absolute Gasteiger partial charge is 0.354 e. The molecule has 0 unspecified atom stereocenters. The van der Waals surface area contributed by atoms with Crippen LogP contribution in [0, 0.1) is 5.82 Å². The average Bonchev–Trinajstić information content (AvgIpc) is 2.44. The molecule has 0 bridgehead atoms. The van der Waals surface area contributed by atoms with E-state index in [0.29, 0.717) is 0 Å². The number of rotatable bonds is 5. The Kier molecular flexibility index (Phi) is 5.41. The number of primary amides is 1. The number of nitrogens with one attached hydrogen (secondary N) is 1. The second-order valence-corrected chi connectivity index (χ2v) is 3.79. The SMILES string of the molecule is COC(=O)/C=C(/Nc1cc(F)cc(C(N)=O)c1)C(=O)OC. The Balaban J connectivity index is 3.15. The van der Waals surface area contributed by atoms with E-state index in [4.69, 9.17) is 5.73 Å². The number of methoxy groups -OCH3 is 2. The summed E-state index contributed by atoms with van der Waals surface area (Å²) >= 11 is 0. The zero-order valence-electron chi connectivity index (χ0n) is 11.3. The summed E-state index contributed by atoms with van der Waals surface area (Å²) in [5.74, 6) is -3.26. The molecule has 112 valence electrons. The minimum Gasteiger partial charge on any atom is -0.466 e. The molecule has 1 aromatic carbocycles. The Morgan fingerprint density at radius 3 is 2.38 bits per heavy atom. The van der Waals surface area contributed by atoms with E-state index in [1.807, 2.05) is 0 Å². The molecule has 0 saturated heterocycles. The van der Waals surface area contributed by atoms with Gasteiger partial charge in [0.25, 0.3) is 0 Å². The number of amides is 1. The number of hydrogen-bond acceptors (Lipinski definition) is 6. The Bertz CT molecular complexity index is 613. The van der Waals surface area contributed by atoms with Crippen LogP contribution in [-0.4, -0.2) is 32.1 Å². The van der Waals surface area contributed by atoms with Crippen LogP contribution in [0.4, 0.5) is 10.1 Å². The normalized spacial score (nSPS) is 10.7. The van der Waals surface area contributed by atoms with Crippen molar-refractivity contribution in [2.75, 3.05) is 19.5 Å². The van der Waals surface area contributed by atoms with Crippen molar-refractivity contribution >= 4 is 23.5 Å². The van der Waals surface area contributed by atoms with Gasteiger partial charge in [0.15, 0.2) is 0 Å². The minimum atomic E-state index is -0.870. The van der Waals surface area contributed by atoms with Crippen LogP contribution < -0.4 is 11.1 Å². The lowest BCUT2D eigenvalue weighted by molar-refractivity contribution is -0.138. The average molecular weight is 296 g/mol. The van der Waals surface area contributed by atoms with Gasteiger partial charge in [-0.2, -0.15) is 0 Å². The molecule has 1 aromatic rings. The molecule has 1 amide bonds. The van der Waals surface area contributed by atoms with E-state index >= 15 is 0 Å². The summed E-state index contributed by atoms with van der Waals surface area (Å²) in [5.41, 5.74) is 4.72. The Morgan fingerprint density at radius 2 is 1.86 bits per heavy atom. The third-order valence-corrected chi connectivity index (χ3v) is 2.33. The van der Waals surface area contributed by atoms with Crippen LogP contribution in [-0.2, 0) is 19.1 Å². The van der Waals surface area contributed by atoms with Gasteiger partial charge in [-0.15, -0.1) is 0 Å². The van der Waals surface area contributed by atoms with E-state index in [1.165, 1.54) is 6.07 Å². The van der Waals surface area contributed by atoms with Crippen molar-refractivity contribution in [2.24, 2.45) is 5.73 Å². The molecular weight excluding hydrogens is 283 g/mol. The summed E-state index contributed by atoms with van der Waals surface area (Å²) < 4.78 is 22.2. The molecule has 0 saturated carbocycles. The molecule has 0 radical (unpaired) electrons. The number of carbonyl (C=O) groups is 3. The lowest BCUT2D eigenvalue weighted by atomic mass is 10.2. The number of hydrogen-bond donors (Lipinski definition) is 2. The van der Waals surface area contributed by atoms with E-state index < -0.39 is 23.7 Å². The first kappa shape index (κ1) is 16.2. The van der Waals surface area contributed by atoms with Crippen LogP contribution in [0.3, 0.4) is 0 Å². The Labute approximate surface area is 119 Å². The highest BCUT2D eigenvalue weighted by Crippen LogP contribution is 2.16. The number of nitrogens with two attached hydrogens (primary N) is 1. The Morgan fingerprint density at radius 1 is 1.19 bits per heavy atom. The summed E-state index contributed by atoms with van der Waals surface area (Å²) in [6.07, 6.45) is 0.834. The predicted octanol–water partition coefficient (Wildman–Crippen LogP) is 0.566. The molecule has 8 heteroatoms. The molecular formula is C13H13FN2O5. The molecule has 0 aliphatic carbocycles. The van der Waals surface area contributed by atoms with Gasteiger partial charge in [0.2, 0.25) is 5.91 Å². The number of halogens is 1. The monoisotopic (exact) mass is 296 g/mol. The van der Waals surface area contributed by atoms with Crippen molar-refractivity contribution in [3.63, 3.8) is 0 Å². The van der Waals surface area contributed by atoms with Crippen molar-refractivity contribution in [1.29, 1.82) is 0 Å². The van der Waals surface area contributed by atoms with Gasteiger partial charge in [-0.3, -0.25) is 4.79 Å². The summed E-state index contributed by atoms with van der Waals surface area (Å²) in [7, 11) is 2.23. The minimum absolute atomic E-state index is 0.0457. The van der Waals surface area contributed by atoms with Crippen LogP contribution in [0.15, 0.2) is 30.0 Å². The van der Waals surface area contributed by atoms with Gasteiger partial charge < -0.3 is 20.5 Å². The summed E-state index contributed by atoms with van der Waals surface area (Å²) in [6, 6.07) is 3.18. The molecule has 0 fully saturated rings. The third kappa shape index (κ3) is 4.60. The fourth-order valence-corrected chi connectivity index (χ4v) is 1.39. The predicted molar refractivity (Wildman–Crippen MR) is 70.7 cm³/mol. The van der Waals surface area contributed by atoms with Gasteiger partial charge >= 0.3 is 11.9 Å². The number of carbonyl (C=O) groups excluding carboxylic acids is 3. The highest BCUT2D eigenvalue weighted by atomic mass is 19.1. The zero-order chi connectivity index (χ0) is 16.0. The van der Waals surface area contributed by atoms with Crippen LogP contribution >= 0.6 is 0 Å². The molecule has 0 aromatic heterocycles. The summed E-state index contributed by atoms with van der Waals surface area (Å²) in [4.78, 5) is 33.8. The highest BCUT2D eigenvalue weighted by Gasteiger charge is 2.14. The Hall–Kier alpha value is -2.90. The van der Waals surface area contributed by atoms with E-state index in [0.717, 1.165) is 32.4 Å². The van der Waals surface area contributed by atoms with Crippen LogP contribution in [0.2, 0.25) is 0 Å². The maximum Gasteiger partial charge on any atom is 0.354 e. The van der Waals surface area contributed by atoms with Gasteiger partial charge in [0.1, 0.15) is 11.5 Å². The number of anilines is 1. The first-order valence-electron chi connectivity index (χ1n) is 5.62. The third-order valence-electron chi connectivity index (χ3n) is 2.33. The number of esters is 2. The first-order chi connectivity index (χ1) is 9.87. The van der Waals surface area contributed by atoms with Crippen molar-refractivity contribution in [1.82, 2.24) is 0 Å². The van der Waals surface area contributed by atoms with Crippen LogP contribution in [0.25, 0.3) is 0 Å². The van der Waals surface area contributed by atoms with Crippen LogP contribution in [0.5, 0.6) is 0 Å². The second kappa shape index (κ2) is 7.04. The number of benzene rings is 1. The van der Waals surface area contributed by atoms with Gasteiger partial charge in [-0.05, 0) is 18.2 Å². The van der Waals surface area contributed by atoms with Crippen molar-refractivity contribution in [3.8, 4) is 0 Å². The summed E-state index contributed by atoms with van der Waals surface area (Å²) in [5, 5.41) is 2.47. The molecule has 3 N–H and O–H groups in total. The van der Waals surface area contributed by atoms with Gasteiger partial charge in [0.05, 0.1) is 20.3 Å². The number of ether oxygens (including phenoxy) is 2. The van der Waals surface area contributed by atoms with Gasteiger partial charge in [-0.25, -0.2) is 14.0 Å². The van der Waals surface area contributed by atoms with E-state index in [2.05, 4.69) is 14.8 Å². The van der Waals surface area contributed by atoms with Crippen molar-refractivity contribution in [3.05, 3.63) is 41.4 Å².